The van der Waals surface area contributed by atoms with E-state index in [4.69, 9.17) is 0 Å². The van der Waals surface area contributed by atoms with Gasteiger partial charge >= 0.3 is 6.03 Å². The summed E-state index contributed by atoms with van der Waals surface area (Å²) >= 11 is 1.33. The molecule has 9 heteroatoms. The molecule has 6 rings (SSSR count). The molecule has 33 heavy (non-hydrogen) atoms. The fourth-order valence-corrected chi connectivity index (χ4v) is 7.35. The predicted octanol–water partition coefficient (Wildman–Crippen LogP) is 4.03. The van der Waals surface area contributed by atoms with Crippen molar-refractivity contribution in [1.29, 1.82) is 0 Å². The molecular weight excluding hydrogens is 436 g/mol. The zero-order valence-corrected chi connectivity index (χ0v) is 20.1. The number of imide groups is 1. The number of urea groups is 1. The van der Waals surface area contributed by atoms with E-state index in [1.54, 1.807) is 19.3 Å². The minimum atomic E-state index is -0.475. The SMILES string of the molecule is CCCn1c(SC(C)C(=O)NC(=O)NC23CC4CC(CC(C4)C2)C3)nnc1-c1ccncc1. The number of amides is 3. The topological polar surface area (TPSA) is 102 Å². The minimum absolute atomic E-state index is 0.115. The molecule has 2 aromatic rings. The van der Waals surface area contributed by atoms with E-state index >= 15 is 0 Å². The molecule has 4 bridgehead atoms. The van der Waals surface area contributed by atoms with Crippen LogP contribution in [-0.4, -0.2) is 42.5 Å². The Balaban J connectivity index is 1.21. The van der Waals surface area contributed by atoms with Crippen LogP contribution in [0.3, 0.4) is 0 Å². The summed E-state index contributed by atoms with van der Waals surface area (Å²) in [5, 5.41) is 14.7. The molecule has 1 atom stereocenters. The number of aromatic nitrogens is 4. The summed E-state index contributed by atoms with van der Waals surface area (Å²) in [6.45, 7) is 4.64. The van der Waals surface area contributed by atoms with E-state index in [1.165, 1.54) is 31.0 Å². The van der Waals surface area contributed by atoms with Crippen LogP contribution in [0.2, 0.25) is 0 Å². The van der Waals surface area contributed by atoms with E-state index < -0.39 is 5.25 Å². The molecule has 0 spiro atoms. The second-order valence-corrected chi connectivity index (χ2v) is 11.4. The fraction of sp³-hybridized carbons (Fsp3) is 0.625. The lowest BCUT2D eigenvalue weighted by molar-refractivity contribution is -0.119. The molecule has 2 N–H and O–H groups in total. The van der Waals surface area contributed by atoms with Gasteiger partial charge in [-0.05, 0) is 81.8 Å². The van der Waals surface area contributed by atoms with Crippen LogP contribution < -0.4 is 10.6 Å². The lowest BCUT2D eigenvalue weighted by Gasteiger charge is -2.56. The Morgan fingerprint density at radius 3 is 2.36 bits per heavy atom. The summed E-state index contributed by atoms with van der Waals surface area (Å²) < 4.78 is 2.03. The number of pyridine rings is 1. The number of thioether (sulfide) groups is 1. The third-order valence-electron chi connectivity index (χ3n) is 7.41. The summed E-state index contributed by atoms with van der Waals surface area (Å²) in [7, 11) is 0. The van der Waals surface area contributed by atoms with Gasteiger partial charge in [-0.25, -0.2) is 4.79 Å². The lowest BCUT2D eigenvalue weighted by atomic mass is 9.53. The molecule has 0 aliphatic heterocycles. The van der Waals surface area contributed by atoms with Gasteiger partial charge < -0.3 is 9.88 Å². The zero-order valence-electron chi connectivity index (χ0n) is 19.3. The molecule has 2 aromatic heterocycles. The van der Waals surface area contributed by atoms with Crippen LogP contribution in [0.4, 0.5) is 4.79 Å². The van der Waals surface area contributed by atoms with Crippen molar-refractivity contribution in [2.45, 2.75) is 81.3 Å². The largest absolute Gasteiger partial charge is 0.332 e. The van der Waals surface area contributed by atoms with Crippen molar-refractivity contribution in [3.8, 4) is 11.4 Å². The van der Waals surface area contributed by atoms with Crippen LogP contribution in [0.5, 0.6) is 0 Å². The van der Waals surface area contributed by atoms with Crippen molar-refractivity contribution < 1.29 is 9.59 Å². The van der Waals surface area contributed by atoms with Crippen molar-refractivity contribution in [1.82, 2.24) is 30.4 Å². The minimum Gasteiger partial charge on any atom is -0.332 e. The Morgan fingerprint density at radius 2 is 1.76 bits per heavy atom. The quantitative estimate of drug-likeness (QED) is 0.595. The van der Waals surface area contributed by atoms with Crippen LogP contribution >= 0.6 is 11.8 Å². The Bertz CT molecular complexity index is 988. The first kappa shape index (κ1) is 22.4. The van der Waals surface area contributed by atoms with Gasteiger partial charge in [-0.1, -0.05) is 18.7 Å². The highest BCUT2D eigenvalue weighted by Crippen LogP contribution is 2.55. The van der Waals surface area contributed by atoms with Crippen molar-refractivity contribution in [3.05, 3.63) is 24.5 Å². The molecule has 0 saturated heterocycles. The van der Waals surface area contributed by atoms with Crippen molar-refractivity contribution >= 4 is 23.7 Å². The number of carbonyl (C=O) groups is 2. The van der Waals surface area contributed by atoms with Crippen molar-refractivity contribution in [2.24, 2.45) is 17.8 Å². The summed E-state index contributed by atoms with van der Waals surface area (Å²) in [4.78, 5) is 29.7. The van der Waals surface area contributed by atoms with Crippen molar-refractivity contribution in [3.63, 3.8) is 0 Å². The van der Waals surface area contributed by atoms with Gasteiger partial charge in [0.2, 0.25) is 5.91 Å². The third-order valence-corrected chi connectivity index (χ3v) is 8.49. The van der Waals surface area contributed by atoms with Crippen LogP contribution in [0.15, 0.2) is 29.7 Å². The summed E-state index contributed by atoms with van der Waals surface area (Å²) in [6, 6.07) is 3.44. The van der Waals surface area contributed by atoms with Gasteiger partial charge in [0.25, 0.3) is 0 Å². The summed E-state index contributed by atoms with van der Waals surface area (Å²) in [5.41, 5.74) is 0.820. The van der Waals surface area contributed by atoms with Gasteiger partial charge in [0, 0.05) is 30.0 Å². The average molecular weight is 469 g/mol. The zero-order chi connectivity index (χ0) is 23.0. The highest BCUT2D eigenvalue weighted by atomic mass is 32.2. The molecule has 0 radical (unpaired) electrons. The molecule has 3 amide bonds. The molecule has 1 unspecified atom stereocenters. The third kappa shape index (κ3) is 4.65. The molecule has 4 saturated carbocycles. The molecule has 0 aromatic carbocycles. The van der Waals surface area contributed by atoms with E-state index in [0.717, 1.165) is 61.4 Å². The second kappa shape index (κ2) is 9.08. The average Bonchev–Trinajstić information content (AvgIpc) is 3.15. The fourth-order valence-electron chi connectivity index (χ4n) is 6.48. The highest BCUT2D eigenvalue weighted by molar-refractivity contribution is 8.00. The molecule has 176 valence electrons. The maximum absolute atomic E-state index is 12.8. The molecule has 4 aliphatic rings. The first-order valence-corrected chi connectivity index (χ1v) is 13.0. The van der Waals surface area contributed by atoms with Crippen LogP contribution in [0.1, 0.15) is 58.8 Å². The smallest absolute Gasteiger partial charge is 0.321 e. The standard InChI is InChI=1S/C24H32N6O2S/c1-3-8-30-20(19-4-6-25-7-5-19)28-29-23(30)33-15(2)21(31)26-22(32)27-24-12-16-9-17(13-24)11-18(10-16)14-24/h4-7,15-18H,3,8-14H2,1-2H3,(H2,26,27,31,32). The van der Waals surface area contributed by atoms with Gasteiger partial charge in [0.1, 0.15) is 0 Å². The maximum atomic E-state index is 12.8. The summed E-state index contributed by atoms with van der Waals surface area (Å²) in [6.07, 6.45) is 11.5. The van der Waals surface area contributed by atoms with Crippen LogP contribution in [0.25, 0.3) is 11.4 Å². The molecule has 4 fully saturated rings. The van der Waals surface area contributed by atoms with Crippen LogP contribution in [0, 0.1) is 17.8 Å². The predicted molar refractivity (Wildman–Crippen MR) is 126 cm³/mol. The van der Waals surface area contributed by atoms with Crippen molar-refractivity contribution in [2.75, 3.05) is 0 Å². The van der Waals surface area contributed by atoms with E-state index in [2.05, 4.69) is 32.7 Å². The first-order valence-electron chi connectivity index (χ1n) is 12.1. The highest BCUT2D eigenvalue weighted by Gasteiger charge is 2.51. The number of hydrogen-bond donors (Lipinski definition) is 2. The normalized spacial score (nSPS) is 28.5. The number of nitrogens with one attached hydrogen (secondary N) is 2. The number of carbonyl (C=O) groups excluding carboxylic acids is 2. The molecular formula is C24H32N6O2S. The molecule has 2 heterocycles. The molecule has 8 nitrogen and oxygen atoms in total. The Labute approximate surface area is 198 Å². The first-order chi connectivity index (χ1) is 15.9. The van der Waals surface area contributed by atoms with E-state index in [9.17, 15) is 9.59 Å². The summed E-state index contributed by atoms with van der Waals surface area (Å²) in [5.74, 6) is 2.66. The Hall–Kier alpha value is -2.42. The van der Waals surface area contributed by atoms with E-state index in [0.29, 0.717) is 5.16 Å². The van der Waals surface area contributed by atoms with Gasteiger partial charge in [-0.15, -0.1) is 10.2 Å². The Kier molecular flexibility index (Phi) is 6.16. The number of rotatable bonds is 7. The van der Waals surface area contributed by atoms with Gasteiger partial charge in [0.05, 0.1) is 5.25 Å². The van der Waals surface area contributed by atoms with E-state index in [1.807, 2.05) is 16.7 Å². The van der Waals surface area contributed by atoms with Gasteiger partial charge in [-0.2, -0.15) is 0 Å². The van der Waals surface area contributed by atoms with Gasteiger partial charge in [-0.3, -0.25) is 15.1 Å². The number of hydrogen-bond acceptors (Lipinski definition) is 6. The lowest BCUT2D eigenvalue weighted by Crippen LogP contribution is -2.62. The number of nitrogens with zero attached hydrogens (tertiary/aromatic N) is 4. The maximum Gasteiger partial charge on any atom is 0.321 e. The Morgan fingerprint density at radius 1 is 1.12 bits per heavy atom. The monoisotopic (exact) mass is 468 g/mol. The van der Waals surface area contributed by atoms with E-state index in [-0.39, 0.29) is 17.5 Å². The molecule has 4 aliphatic carbocycles. The second-order valence-electron chi connectivity index (χ2n) is 10.1. The van der Waals surface area contributed by atoms with Crippen LogP contribution in [-0.2, 0) is 11.3 Å². The van der Waals surface area contributed by atoms with Gasteiger partial charge in [0.15, 0.2) is 11.0 Å².